The molecule has 2 N–H and O–H groups in total. The van der Waals surface area contributed by atoms with E-state index < -0.39 is 11.4 Å². The van der Waals surface area contributed by atoms with Crippen molar-refractivity contribution >= 4 is 40.8 Å². The summed E-state index contributed by atoms with van der Waals surface area (Å²) in [6, 6.07) is 8.81. The van der Waals surface area contributed by atoms with Crippen LogP contribution in [0.4, 0.5) is 0 Å². The molecule has 2 heterocycles. The van der Waals surface area contributed by atoms with Crippen LogP contribution in [0.5, 0.6) is 0 Å². The maximum Gasteiger partial charge on any atom is 0.309 e. The predicted molar refractivity (Wildman–Crippen MR) is 135 cm³/mol. The van der Waals surface area contributed by atoms with Gasteiger partial charge >= 0.3 is 5.97 Å². The molecule has 3 nitrogen and oxygen atoms in total. The lowest BCUT2D eigenvalue weighted by atomic mass is 9.87. The summed E-state index contributed by atoms with van der Waals surface area (Å²) in [4.78, 5) is 16.5. The molecule has 172 valence electrons. The van der Waals surface area contributed by atoms with Crippen molar-refractivity contribution in [3.63, 3.8) is 0 Å². The van der Waals surface area contributed by atoms with Gasteiger partial charge in [0.05, 0.1) is 5.41 Å². The summed E-state index contributed by atoms with van der Waals surface area (Å²) in [6.07, 6.45) is 12.6. The van der Waals surface area contributed by atoms with Crippen molar-refractivity contribution in [1.82, 2.24) is 0 Å². The van der Waals surface area contributed by atoms with Gasteiger partial charge in [-0.15, -0.1) is 22.7 Å². The molecule has 2 aromatic heterocycles. The van der Waals surface area contributed by atoms with E-state index in [1.807, 2.05) is 22.7 Å². The Morgan fingerprint density at radius 3 is 1.77 bits per heavy atom. The minimum absolute atomic E-state index is 0.0397. The van der Waals surface area contributed by atoms with Crippen LogP contribution in [0.25, 0.3) is 12.2 Å². The number of thiophene rings is 2. The fourth-order valence-electron chi connectivity index (χ4n) is 3.36. The topological polar surface area (TPSA) is 57.5 Å². The first-order chi connectivity index (χ1) is 14.6. The molecule has 31 heavy (non-hydrogen) atoms. The van der Waals surface area contributed by atoms with E-state index in [2.05, 4.69) is 50.3 Å². The van der Waals surface area contributed by atoms with Crippen LogP contribution in [0.15, 0.2) is 24.3 Å². The first kappa shape index (κ1) is 25.8. The average molecular weight is 463 g/mol. The summed E-state index contributed by atoms with van der Waals surface area (Å²) >= 11 is 3.69. The molecule has 2 aromatic rings. The van der Waals surface area contributed by atoms with E-state index in [0.29, 0.717) is 0 Å². The molecule has 2 rings (SSSR count). The number of unbranched alkanes of at least 4 members (excludes halogenated alkanes) is 2. The number of aryl methyl sites for hydroxylation is 2. The fraction of sp³-hybridized carbons (Fsp3) is 0.577. The molecule has 0 atom stereocenters. The normalized spacial score (nSPS) is 12.7. The largest absolute Gasteiger partial charge is 0.481 e. The molecule has 0 aliphatic heterocycles. The summed E-state index contributed by atoms with van der Waals surface area (Å²) < 4.78 is 0. The Morgan fingerprint density at radius 2 is 1.32 bits per heavy atom. The van der Waals surface area contributed by atoms with Crippen molar-refractivity contribution in [3.8, 4) is 0 Å². The second-order valence-electron chi connectivity index (χ2n) is 9.87. The molecule has 0 amide bonds. The van der Waals surface area contributed by atoms with Crippen molar-refractivity contribution in [2.75, 3.05) is 6.61 Å². The van der Waals surface area contributed by atoms with E-state index in [-0.39, 0.29) is 12.0 Å². The van der Waals surface area contributed by atoms with Crippen LogP contribution in [0.1, 0.15) is 85.7 Å². The maximum atomic E-state index is 11.2. The number of hydrogen-bond acceptors (Lipinski definition) is 4. The lowest BCUT2D eigenvalue weighted by Gasteiger charge is -2.20. The zero-order chi connectivity index (χ0) is 22.9. The van der Waals surface area contributed by atoms with Gasteiger partial charge in [0.25, 0.3) is 0 Å². The molecule has 5 heteroatoms. The molecular weight excluding hydrogens is 424 g/mol. The molecule has 0 bridgehead atoms. The summed E-state index contributed by atoms with van der Waals surface area (Å²) in [5.41, 5.74) is -0.586. The molecule has 0 saturated carbocycles. The zero-order valence-electron chi connectivity index (χ0n) is 19.4. The van der Waals surface area contributed by atoms with Crippen molar-refractivity contribution in [1.29, 1.82) is 0 Å². The highest BCUT2D eigenvalue weighted by molar-refractivity contribution is 7.13. The van der Waals surface area contributed by atoms with E-state index in [0.717, 1.165) is 44.9 Å². The van der Waals surface area contributed by atoms with Gasteiger partial charge in [0.15, 0.2) is 0 Å². The Bertz CT molecular complexity index is 842. The van der Waals surface area contributed by atoms with Crippen LogP contribution in [-0.4, -0.2) is 22.8 Å². The standard InChI is InChI=1S/C26H38O3S2/c1-25(2,19-27)17-7-5-9-20-11-13-22(30-20)15-16-23-14-12-21(31-23)10-6-8-18-26(3,4)24(28)29/h11-16,27H,5-10,17-19H2,1-4H3,(H,28,29)/b16-15-. The van der Waals surface area contributed by atoms with Gasteiger partial charge in [0.2, 0.25) is 0 Å². The van der Waals surface area contributed by atoms with Crippen LogP contribution in [0.3, 0.4) is 0 Å². The minimum Gasteiger partial charge on any atom is -0.481 e. The number of aliphatic hydroxyl groups is 1. The second kappa shape index (κ2) is 12.0. The van der Waals surface area contributed by atoms with Crippen LogP contribution >= 0.6 is 22.7 Å². The molecule has 0 unspecified atom stereocenters. The van der Waals surface area contributed by atoms with E-state index in [1.165, 1.54) is 25.9 Å². The molecule has 0 radical (unpaired) electrons. The van der Waals surface area contributed by atoms with Crippen LogP contribution in [0.2, 0.25) is 0 Å². The van der Waals surface area contributed by atoms with Gasteiger partial charge in [-0.3, -0.25) is 4.79 Å². The quantitative estimate of drug-likeness (QED) is 0.285. The van der Waals surface area contributed by atoms with Gasteiger partial charge in [-0.05, 0) is 94.2 Å². The number of rotatable bonds is 14. The Kier molecular flexibility index (Phi) is 9.98. The van der Waals surface area contributed by atoms with Gasteiger partial charge in [-0.2, -0.15) is 0 Å². The van der Waals surface area contributed by atoms with Crippen molar-refractivity contribution < 1.29 is 15.0 Å². The van der Waals surface area contributed by atoms with Gasteiger partial charge in [0, 0.05) is 26.1 Å². The third-order valence-corrected chi connectivity index (χ3v) is 8.01. The number of carboxylic acid groups (broad SMARTS) is 1. The number of hydrogen-bond donors (Lipinski definition) is 2. The van der Waals surface area contributed by atoms with Gasteiger partial charge in [0.1, 0.15) is 0 Å². The summed E-state index contributed by atoms with van der Waals surface area (Å²) in [7, 11) is 0. The van der Waals surface area contributed by atoms with Gasteiger partial charge in [-0.1, -0.05) is 26.7 Å². The minimum atomic E-state index is -0.710. The third-order valence-electron chi connectivity index (χ3n) is 5.79. The van der Waals surface area contributed by atoms with Gasteiger partial charge in [-0.25, -0.2) is 0 Å². The Hall–Kier alpha value is -1.43. The lowest BCUT2D eigenvalue weighted by Crippen LogP contribution is -2.23. The van der Waals surface area contributed by atoms with Crippen molar-refractivity contribution in [3.05, 3.63) is 43.8 Å². The van der Waals surface area contributed by atoms with Crippen molar-refractivity contribution in [2.24, 2.45) is 10.8 Å². The van der Waals surface area contributed by atoms with E-state index in [1.54, 1.807) is 13.8 Å². The molecule has 0 spiro atoms. The smallest absolute Gasteiger partial charge is 0.309 e. The second-order valence-corrected chi connectivity index (χ2v) is 12.3. The van der Waals surface area contributed by atoms with Crippen molar-refractivity contribution in [2.45, 2.75) is 79.1 Å². The highest BCUT2D eigenvalue weighted by atomic mass is 32.1. The van der Waals surface area contributed by atoms with Crippen LogP contribution in [0, 0.1) is 10.8 Å². The molecule has 0 aliphatic rings. The summed E-state index contributed by atoms with van der Waals surface area (Å²) in [5.74, 6) is -0.710. The first-order valence-corrected chi connectivity index (χ1v) is 12.9. The highest BCUT2D eigenvalue weighted by Crippen LogP contribution is 2.27. The average Bonchev–Trinajstić information content (AvgIpc) is 3.36. The van der Waals surface area contributed by atoms with E-state index in [9.17, 15) is 15.0 Å². The van der Waals surface area contributed by atoms with Gasteiger partial charge < -0.3 is 10.2 Å². The molecule has 0 fully saturated rings. The SMILES string of the molecule is CC(C)(CO)CCCCc1ccc(/C=C\c2ccc(CCCCC(C)(C)C(=O)O)s2)s1. The lowest BCUT2D eigenvalue weighted by molar-refractivity contribution is -0.147. The van der Waals surface area contributed by atoms with Crippen LogP contribution in [-0.2, 0) is 17.6 Å². The number of aliphatic hydroxyl groups excluding tert-OH is 1. The summed E-state index contributed by atoms with van der Waals surface area (Å²) in [6.45, 7) is 8.11. The Labute approximate surface area is 195 Å². The monoisotopic (exact) mass is 462 g/mol. The van der Waals surface area contributed by atoms with E-state index in [4.69, 9.17) is 0 Å². The maximum absolute atomic E-state index is 11.2. The molecule has 0 aromatic carbocycles. The predicted octanol–water partition coefficient (Wildman–Crippen LogP) is 7.53. The summed E-state index contributed by atoms with van der Waals surface area (Å²) in [5, 5.41) is 18.5. The fourth-order valence-corrected chi connectivity index (χ4v) is 5.27. The molecule has 0 saturated heterocycles. The molecular formula is C26H38O3S2. The zero-order valence-corrected chi connectivity index (χ0v) is 21.1. The Balaban J connectivity index is 1.73. The number of carbonyl (C=O) groups is 1. The Morgan fingerprint density at radius 1 is 0.839 bits per heavy atom. The first-order valence-electron chi connectivity index (χ1n) is 11.3. The number of carboxylic acids is 1. The third kappa shape index (κ3) is 9.30. The van der Waals surface area contributed by atoms with E-state index >= 15 is 0 Å². The molecule has 0 aliphatic carbocycles. The highest BCUT2D eigenvalue weighted by Gasteiger charge is 2.26. The van der Waals surface area contributed by atoms with Crippen LogP contribution < -0.4 is 0 Å². The number of aliphatic carboxylic acids is 1.